The van der Waals surface area contributed by atoms with Gasteiger partial charge in [-0.3, -0.25) is 9.59 Å². The van der Waals surface area contributed by atoms with E-state index in [-0.39, 0.29) is 36.1 Å². The van der Waals surface area contributed by atoms with Crippen LogP contribution in [0.1, 0.15) is 37.0 Å². The predicted molar refractivity (Wildman–Crippen MR) is 97.7 cm³/mol. The molecule has 1 saturated heterocycles. The molecule has 7 nitrogen and oxygen atoms in total. The number of likely N-dealkylation sites (tertiary alicyclic amines) is 1. The lowest BCUT2D eigenvalue weighted by molar-refractivity contribution is -0.131. The number of hydrogen-bond donors (Lipinski definition) is 1. The monoisotopic (exact) mass is 379 g/mol. The van der Waals surface area contributed by atoms with Crippen molar-refractivity contribution in [2.24, 2.45) is 0 Å². The van der Waals surface area contributed by atoms with Crippen molar-refractivity contribution in [1.82, 2.24) is 15.1 Å². The van der Waals surface area contributed by atoms with E-state index >= 15 is 0 Å². The Morgan fingerprint density at radius 2 is 2.00 bits per heavy atom. The molecule has 1 aliphatic heterocycles. The second-order valence-electron chi connectivity index (χ2n) is 6.40. The lowest BCUT2D eigenvalue weighted by Crippen LogP contribution is -2.50. The molecule has 0 saturated carbocycles. The maximum Gasteiger partial charge on any atom is 0.409 e. The molecule has 0 bridgehead atoms. The number of benzene rings is 1. The summed E-state index contributed by atoms with van der Waals surface area (Å²) in [5.74, 6) is -0.930. The summed E-state index contributed by atoms with van der Waals surface area (Å²) >= 11 is 0. The Bertz CT molecular complexity index is 675. The van der Waals surface area contributed by atoms with Gasteiger partial charge in [-0.25, -0.2) is 9.18 Å². The molecule has 1 N–H and O–H groups in total. The molecule has 0 atom stereocenters. The van der Waals surface area contributed by atoms with Crippen molar-refractivity contribution >= 4 is 17.9 Å². The molecule has 148 valence electrons. The smallest absolute Gasteiger partial charge is 0.409 e. The first-order chi connectivity index (χ1) is 12.9. The molecule has 3 amide bonds. The van der Waals surface area contributed by atoms with Gasteiger partial charge in [0, 0.05) is 44.7 Å². The summed E-state index contributed by atoms with van der Waals surface area (Å²) in [4.78, 5) is 39.2. The third-order valence-corrected chi connectivity index (χ3v) is 4.56. The fraction of sp³-hybridized carbons (Fsp3) is 0.526. The molecular formula is C19H26FN3O4. The van der Waals surface area contributed by atoms with Crippen molar-refractivity contribution in [3.05, 3.63) is 35.6 Å². The van der Waals surface area contributed by atoms with E-state index in [4.69, 9.17) is 4.74 Å². The number of rotatable bonds is 6. The van der Waals surface area contributed by atoms with Gasteiger partial charge in [0.2, 0.25) is 5.91 Å². The van der Waals surface area contributed by atoms with E-state index in [1.165, 1.54) is 31.2 Å². The Balaban J connectivity index is 1.83. The Labute approximate surface area is 158 Å². The lowest BCUT2D eigenvalue weighted by atomic mass is 10.0. The molecule has 2 rings (SSSR count). The molecule has 0 aliphatic carbocycles. The van der Waals surface area contributed by atoms with Gasteiger partial charge in [0.1, 0.15) is 5.82 Å². The first-order valence-electron chi connectivity index (χ1n) is 9.15. The molecule has 1 fully saturated rings. The fourth-order valence-corrected chi connectivity index (χ4v) is 3.19. The molecule has 1 aliphatic rings. The first kappa shape index (κ1) is 20.7. The second-order valence-corrected chi connectivity index (χ2v) is 6.40. The normalized spacial score (nSPS) is 14.6. The van der Waals surface area contributed by atoms with Crippen molar-refractivity contribution < 1.29 is 23.5 Å². The number of amides is 3. The summed E-state index contributed by atoms with van der Waals surface area (Å²) in [5, 5.41) is 2.71. The van der Waals surface area contributed by atoms with Crippen LogP contribution in [0.2, 0.25) is 0 Å². The zero-order valence-corrected chi connectivity index (χ0v) is 15.7. The highest BCUT2D eigenvalue weighted by molar-refractivity contribution is 5.94. The fourth-order valence-electron chi connectivity index (χ4n) is 3.19. The van der Waals surface area contributed by atoms with Gasteiger partial charge < -0.3 is 19.9 Å². The Morgan fingerprint density at radius 3 is 2.59 bits per heavy atom. The van der Waals surface area contributed by atoms with Crippen LogP contribution in [0.5, 0.6) is 0 Å². The molecule has 0 spiro atoms. The molecule has 0 aromatic heterocycles. The largest absolute Gasteiger partial charge is 0.450 e. The van der Waals surface area contributed by atoms with Gasteiger partial charge in [-0.05, 0) is 38.0 Å². The maximum atomic E-state index is 13.2. The summed E-state index contributed by atoms with van der Waals surface area (Å²) in [6.45, 7) is 5.29. The van der Waals surface area contributed by atoms with Gasteiger partial charge in [-0.15, -0.1) is 0 Å². The molecule has 27 heavy (non-hydrogen) atoms. The molecule has 0 radical (unpaired) electrons. The van der Waals surface area contributed by atoms with Crippen LogP contribution in [0.3, 0.4) is 0 Å². The molecule has 1 aromatic rings. The van der Waals surface area contributed by atoms with Crippen LogP contribution in [0.25, 0.3) is 0 Å². The van der Waals surface area contributed by atoms with Gasteiger partial charge in [0.25, 0.3) is 5.91 Å². The quantitative estimate of drug-likeness (QED) is 0.820. The van der Waals surface area contributed by atoms with E-state index in [1.807, 2.05) is 0 Å². The number of ether oxygens (including phenoxy) is 1. The zero-order valence-electron chi connectivity index (χ0n) is 15.7. The topological polar surface area (TPSA) is 79.0 Å². The van der Waals surface area contributed by atoms with E-state index in [0.717, 1.165) is 0 Å². The highest BCUT2D eigenvalue weighted by Gasteiger charge is 2.28. The van der Waals surface area contributed by atoms with Gasteiger partial charge in [-0.1, -0.05) is 6.07 Å². The average Bonchev–Trinajstić information content (AvgIpc) is 2.65. The minimum atomic E-state index is -0.471. The van der Waals surface area contributed by atoms with Crippen LogP contribution >= 0.6 is 0 Å². The highest BCUT2D eigenvalue weighted by Crippen LogP contribution is 2.17. The van der Waals surface area contributed by atoms with Crippen LogP contribution in [0.4, 0.5) is 9.18 Å². The van der Waals surface area contributed by atoms with Gasteiger partial charge >= 0.3 is 6.09 Å². The minimum absolute atomic E-state index is 0.0132. The standard InChI is InChI=1S/C19H26FN3O4/c1-3-27-19(26)22-10-7-17(8-11-22)23(14(2)24)12-9-21-18(25)15-5-4-6-16(20)13-15/h4-6,13,17H,3,7-12H2,1-2H3,(H,21,25). The number of nitrogens with one attached hydrogen (secondary N) is 1. The Hall–Kier alpha value is -2.64. The average molecular weight is 379 g/mol. The van der Waals surface area contributed by atoms with Gasteiger partial charge in [0.15, 0.2) is 0 Å². The highest BCUT2D eigenvalue weighted by atomic mass is 19.1. The SMILES string of the molecule is CCOC(=O)N1CCC(N(CCNC(=O)c2cccc(F)c2)C(C)=O)CC1. The number of halogens is 1. The molecule has 1 aromatic carbocycles. The van der Waals surface area contributed by atoms with E-state index in [9.17, 15) is 18.8 Å². The molecule has 8 heteroatoms. The third kappa shape index (κ3) is 5.94. The van der Waals surface area contributed by atoms with Crippen LogP contribution < -0.4 is 5.32 Å². The summed E-state index contributed by atoms with van der Waals surface area (Å²) in [5.41, 5.74) is 0.243. The van der Waals surface area contributed by atoms with Crippen molar-refractivity contribution in [1.29, 1.82) is 0 Å². The summed E-state index contributed by atoms with van der Waals surface area (Å²) in [6.07, 6.45) is 1.000. The predicted octanol–water partition coefficient (Wildman–Crippen LogP) is 2.02. The van der Waals surface area contributed by atoms with Crippen molar-refractivity contribution in [3.63, 3.8) is 0 Å². The van der Waals surface area contributed by atoms with E-state index in [2.05, 4.69) is 5.32 Å². The summed E-state index contributed by atoms with van der Waals surface area (Å²) in [7, 11) is 0. The van der Waals surface area contributed by atoms with E-state index in [1.54, 1.807) is 16.7 Å². The van der Waals surface area contributed by atoms with Crippen molar-refractivity contribution in [3.8, 4) is 0 Å². The second kappa shape index (κ2) is 9.89. The maximum absolute atomic E-state index is 13.2. The van der Waals surface area contributed by atoms with Crippen LogP contribution in [-0.2, 0) is 9.53 Å². The van der Waals surface area contributed by atoms with E-state index in [0.29, 0.717) is 39.1 Å². The van der Waals surface area contributed by atoms with Crippen LogP contribution in [0.15, 0.2) is 24.3 Å². The Morgan fingerprint density at radius 1 is 1.30 bits per heavy atom. The zero-order chi connectivity index (χ0) is 19.8. The first-order valence-corrected chi connectivity index (χ1v) is 9.15. The molecule has 0 unspecified atom stereocenters. The Kier molecular flexibility index (Phi) is 7.57. The number of hydrogen-bond acceptors (Lipinski definition) is 4. The van der Waals surface area contributed by atoms with E-state index < -0.39 is 5.82 Å². The number of carbonyl (C=O) groups is 3. The summed E-state index contributed by atoms with van der Waals surface area (Å²) < 4.78 is 18.2. The van der Waals surface area contributed by atoms with Crippen molar-refractivity contribution in [2.45, 2.75) is 32.7 Å². The summed E-state index contributed by atoms with van der Waals surface area (Å²) in [6, 6.07) is 5.47. The number of piperidine rings is 1. The van der Waals surface area contributed by atoms with Crippen molar-refractivity contribution in [2.75, 3.05) is 32.8 Å². The minimum Gasteiger partial charge on any atom is -0.450 e. The number of nitrogens with zero attached hydrogens (tertiary/aromatic N) is 2. The number of carbonyl (C=O) groups excluding carboxylic acids is 3. The van der Waals surface area contributed by atoms with Crippen LogP contribution in [-0.4, -0.2) is 66.5 Å². The van der Waals surface area contributed by atoms with Gasteiger partial charge in [0.05, 0.1) is 6.61 Å². The van der Waals surface area contributed by atoms with Crippen LogP contribution in [0, 0.1) is 5.82 Å². The molecule has 1 heterocycles. The van der Waals surface area contributed by atoms with Gasteiger partial charge in [-0.2, -0.15) is 0 Å². The third-order valence-electron chi connectivity index (χ3n) is 4.56. The lowest BCUT2D eigenvalue weighted by Gasteiger charge is -2.37. The molecular weight excluding hydrogens is 353 g/mol.